The largest absolute Gasteiger partial charge is 0.290 e. The molecule has 0 radical (unpaired) electrons. The molecule has 1 N–H and O–H groups in total. The van der Waals surface area contributed by atoms with Crippen molar-refractivity contribution >= 4 is 17.2 Å². The van der Waals surface area contributed by atoms with Crippen LogP contribution in [0.4, 0.5) is 0 Å². The Balaban J connectivity index is 2.27. The molecule has 0 aliphatic rings. The zero-order valence-corrected chi connectivity index (χ0v) is 10.3. The van der Waals surface area contributed by atoms with Gasteiger partial charge in [0.05, 0.1) is 11.9 Å². The van der Waals surface area contributed by atoms with Crippen LogP contribution >= 0.6 is 11.6 Å². The molecule has 0 aliphatic carbocycles. The molecular weight excluding hydrogens is 236 g/mol. The number of hydrogen-bond acceptors (Lipinski definition) is 2. The van der Waals surface area contributed by atoms with Crippen molar-refractivity contribution in [2.24, 2.45) is 0 Å². The average Bonchev–Trinajstić information content (AvgIpc) is 2.84. The number of aryl methyl sites for hydroxylation is 2. The van der Waals surface area contributed by atoms with Gasteiger partial charge in [-0.2, -0.15) is 5.10 Å². The fourth-order valence-corrected chi connectivity index (χ4v) is 2.26. The first-order valence-corrected chi connectivity index (χ1v) is 5.69. The van der Waals surface area contributed by atoms with Gasteiger partial charge in [-0.3, -0.25) is 9.50 Å². The van der Waals surface area contributed by atoms with E-state index in [0.29, 0.717) is 5.15 Å². The van der Waals surface area contributed by atoms with Gasteiger partial charge in [0.25, 0.3) is 0 Å². The maximum absolute atomic E-state index is 6.06. The first-order chi connectivity index (χ1) is 8.16. The molecule has 0 atom stereocenters. The van der Waals surface area contributed by atoms with E-state index in [9.17, 15) is 0 Å². The third-order valence-electron chi connectivity index (χ3n) is 2.88. The Kier molecular flexibility index (Phi) is 2.19. The summed E-state index contributed by atoms with van der Waals surface area (Å²) >= 11 is 6.06. The molecule has 0 spiro atoms. The Morgan fingerprint density at radius 2 is 2.12 bits per heavy atom. The van der Waals surface area contributed by atoms with Crippen LogP contribution in [-0.2, 0) is 0 Å². The summed E-state index contributed by atoms with van der Waals surface area (Å²) in [7, 11) is 0. The number of imidazole rings is 1. The standard InChI is InChI=1S/C12H11ClN4/c1-7-12(8(2)16-15-7)9-3-4-11-14-5-10(13)17(11)6-9/h3-6H,1-2H3,(H,15,16). The van der Waals surface area contributed by atoms with Gasteiger partial charge in [-0.25, -0.2) is 4.98 Å². The van der Waals surface area contributed by atoms with Crippen LogP contribution in [-0.4, -0.2) is 19.6 Å². The van der Waals surface area contributed by atoms with Crippen molar-refractivity contribution in [3.05, 3.63) is 41.1 Å². The van der Waals surface area contributed by atoms with Crippen LogP contribution in [0, 0.1) is 13.8 Å². The van der Waals surface area contributed by atoms with Crippen LogP contribution in [0.3, 0.4) is 0 Å². The van der Waals surface area contributed by atoms with Gasteiger partial charge in [0, 0.05) is 23.0 Å². The number of fused-ring (bicyclic) bond motifs is 1. The number of aromatic amines is 1. The van der Waals surface area contributed by atoms with Crippen LogP contribution in [0.25, 0.3) is 16.8 Å². The molecule has 0 bridgehead atoms. The molecule has 0 saturated carbocycles. The zero-order chi connectivity index (χ0) is 12.0. The lowest BCUT2D eigenvalue weighted by Crippen LogP contribution is -1.88. The fraction of sp³-hybridized carbons (Fsp3) is 0.167. The van der Waals surface area contributed by atoms with Gasteiger partial charge in [-0.15, -0.1) is 0 Å². The molecule has 3 rings (SSSR count). The molecule has 0 amide bonds. The molecule has 0 fully saturated rings. The summed E-state index contributed by atoms with van der Waals surface area (Å²) in [6.07, 6.45) is 3.63. The molecular formula is C12H11ClN4. The predicted octanol–water partition coefficient (Wildman–Crippen LogP) is 2.99. The Bertz CT molecular complexity index is 676. The van der Waals surface area contributed by atoms with Gasteiger partial charge in [0.1, 0.15) is 10.8 Å². The number of nitrogens with zero attached hydrogens (tertiary/aromatic N) is 3. The quantitative estimate of drug-likeness (QED) is 0.718. The highest BCUT2D eigenvalue weighted by Crippen LogP contribution is 2.26. The van der Waals surface area contributed by atoms with Crippen molar-refractivity contribution < 1.29 is 0 Å². The number of H-pyrrole nitrogens is 1. The monoisotopic (exact) mass is 246 g/mol. The molecule has 5 heteroatoms. The van der Waals surface area contributed by atoms with E-state index in [1.54, 1.807) is 6.20 Å². The number of aromatic nitrogens is 4. The number of hydrogen-bond donors (Lipinski definition) is 1. The molecule has 3 heterocycles. The van der Waals surface area contributed by atoms with E-state index < -0.39 is 0 Å². The van der Waals surface area contributed by atoms with Crippen molar-refractivity contribution in [2.75, 3.05) is 0 Å². The van der Waals surface area contributed by atoms with Gasteiger partial charge in [-0.05, 0) is 26.0 Å². The van der Waals surface area contributed by atoms with Gasteiger partial charge >= 0.3 is 0 Å². The lowest BCUT2D eigenvalue weighted by Gasteiger charge is -2.03. The highest BCUT2D eigenvalue weighted by Gasteiger charge is 2.10. The Morgan fingerprint density at radius 1 is 1.29 bits per heavy atom. The Morgan fingerprint density at radius 3 is 2.82 bits per heavy atom. The second-order valence-corrected chi connectivity index (χ2v) is 4.42. The molecule has 4 nitrogen and oxygen atoms in total. The van der Waals surface area contributed by atoms with Crippen LogP contribution in [0.2, 0.25) is 5.15 Å². The summed E-state index contributed by atoms with van der Waals surface area (Å²) < 4.78 is 1.86. The molecule has 0 aromatic carbocycles. The normalized spacial score (nSPS) is 11.2. The van der Waals surface area contributed by atoms with E-state index in [1.165, 1.54) is 0 Å². The predicted molar refractivity (Wildman–Crippen MR) is 67.3 cm³/mol. The molecule has 0 aliphatic heterocycles. The SMILES string of the molecule is Cc1n[nH]c(C)c1-c1ccc2ncc(Cl)n2c1. The zero-order valence-electron chi connectivity index (χ0n) is 9.53. The Labute approximate surface area is 103 Å². The van der Waals surface area contributed by atoms with Crippen molar-refractivity contribution in [2.45, 2.75) is 13.8 Å². The molecule has 3 aromatic heterocycles. The minimum Gasteiger partial charge on any atom is -0.290 e. The Hall–Kier alpha value is -1.81. The van der Waals surface area contributed by atoms with Crippen LogP contribution in [0.1, 0.15) is 11.4 Å². The third-order valence-corrected chi connectivity index (χ3v) is 3.16. The van der Waals surface area contributed by atoms with Gasteiger partial charge in [-0.1, -0.05) is 11.6 Å². The molecule has 17 heavy (non-hydrogen) atoms. The molecule has 86 valence electrons. The summed E-state index contributed by atoms with van der Waals surface area (Å²) in [5.41, 5.74) is 5.09. The van der Waals surface area contributed by atoms with E-state index in [-0.39, 0.29) is 0 Å². The smallest absolute Gasteiger partial charge is 0.137 e. The number of nitrogens with one attached hydrogen (secondary N) is 1. The second-order valence-electron chi connectivity index (χ2n) is 4.04. The summed E-state index contributed by atoms with van der Waals surface area (Å²) in [5, 5.41) is 7.80. The van der Waals surface area contributed by atoms with Crippen molar-refractivity contribution in [1.29, 1.82) is 0 Å². The van der Waals surface area contributed by atoms with Gasteiger partial charge in [0.2, 0.25) is 0 Å². The lowest BCUT2D eigenvalue weighted by molar-refractivity contribution is 1.02. The molecule has 3 aromatic rings. The van der Waals surface area contributed by atoms with E-state index in [4.69, 9.17) is 11.6 Å². The number of rotatable bonds is 1. The number of halogens is 1. The first-order valence-electron chi connectivity index (χ1n) is 5.31. The maximum Gasteiger partial charge on any atom is 0.137 e. The fourth-order valence-electron chi connectivity index (χ4n) is 2.07. The summed E-state index contributed by atoms with van der Waals surface area (Å²) in [6.45, 7) is 3.99. The number of pyridine rings is 1. The maximum atomic E-state index is 6.06. The minimum absolute atomic E-state index is 0.612. The minimum atomic E-state index is 0.612. The lowest BCUT2D eigenvalue weighted by atomic mass is 10.1. The second kappa shape index (κ2) is 3.60. The van der Waals surface area contributed by atoms with Gasteiger partial charge < -0.3 is 0 Å². The first kappa shape index (κ1) is 10.4. The van der Waals surface area contributed by atoms with Crippen LogP contribution in [0.15, 0.2) is 24.5 Å². The van der Waals surface area contributed by atoms with E-state index >= 15 is 0 Å². The molecule has 0 unspecified atom stereocenters. The van der Waals surface area contributed by atoms with Crippen LogP contribution in [0.5, 0.6) is 0 Å². The van der Waals surface area contributed by atoms with Gasteiger partial charge in [0.15, 0.2) is 0 Å². The highest BCUT2D eigenvalue weighted by atomic mass is 35.5. The third kappa shape index (κ3) is 1.52. The average molecular weight is 247 g/mol. The highest BCUT2D eigenvalue weighted by molar-refractivity contribution is 6.29. The summed E-state index contributed by atoms with van der Waals surface area (Å²) in [6, 6.07) is 3.98. The van der Waals surface area contributed by atoms with Crippen molar-refractivity contribution in [3.63, 3.8) is 0 Å². The topological polar surface area (TPSA) is 46.0 Å². The summed E-state index contributed by atoms with van der Waals surface area (Å²) in [5.74, 6) is 0. The van der Waals surface area contributed by atoms with Crippen molar-refractivity contribution in [1.82, 2.24) is 19.6 Å². The molecule has 0 saturated heterocycles. The van der Waals surface area contributed by atoms with E-state index in [0.717, 1.165) is 28.2 Å². The van der Waals surface area contributed by atoms with Crippen molar-refractivity contribution in [3.8, 4) is 11.1 Å². The van der Waals surface area contributed by atoms with E-state index in [2.05, 4.69) is 15.2 Å². The van der Waals surface area contributed by atoms with E-state index in [1.807, 2.05) is 36.6 Å². The summed E-state index contributed by atoms with van der Waals surface area (Å²) in [4.78, 5) is 4.19. The van der Waals surface area contributed by atoms with Crippen LogP contribution < -0.4 is 0 Å².